The fourth-order valence-corrected chi connectivity index (χ4v) is 4.02. The number of rotatable bonds is 3. The van der Waals surface area contributed by atoms with Crippen molar-refractivity contribution < 1.29 is 14.6 Å². The zero-order chi connectivity index (χ0) is 14.0. The van der Waals surface area contributed by atoms with E-state index in [1.807, 2.05) is 6.07 Å². The van der Waals surface area contributed by atoms with Crippen molar-refractivity contribution in [3.8, 4) is 0 Å². The lowest BCUT2D eigenvalue weighted by molar-refractivity contribution is 0.0265. The molecule has 0 radical (unpaired) electrons. The van der Waals surface area contributed by atoms with Crippen molar-refractivity contribution in [1.29, 1.82) is 0 Å². The van der Waals surface area contributed by atoms with Gasteiger partial charge in [-0.05, 0) is 37.3 Å². The van der Waals surface area contributed by atoms with E-state index in [1.54, 1.807) is 11.3 Å². The molecule has 0 aromatic carbocycles. The average molecular weight is 295 g/mol. The number of ether oxygens (including phenoxy) is 1. The smallest absolute Gasteiger partial charge is 0.261 e. The van der Waals surface area contributed by atoms with Gasteiger partial charge in [0.15, 0.2) is 0 Å². The molecule has 3 rings (SSSR count). The molecule has 4 nitrogen and oxygen atoms in total. The van der Waals surface area contributed by atoms with Crippen LogP contribution < -0.4 is 5.32 Å². The van der Waals surface area contributed by atoms with Crippen molar-refractivity contribution in [2.24, 2.45) is 0 Å². The van der Waals surface area contributed by atoms with Crippen molar-refractivity contribution in [1.82, 2.24) is 5.32 Å². The molecule has 5 heteroatoms. The van der Waals surface area contributed by atoms with Crippen LogP contribution in [0, 0.1) is 0 Å². The van der Waals surface area contributed by atoms with E-state index in [0.29, 0.717) is 19.6 Å². The number of amides is 1. The molecule has 1 aromatic rings. The van der Waals surface area contributed by atoms with E-state index in [2.05, 4.69) is 5.32 Å². The monoisotopic (exact) mass is 295 g/mol. The second-order valence-electron chi connectivity index (χ2n) is 5.83. The van der Waals surface area contributed by atoms with E-state index >= 15 is 0 Å². The highest BCUT2D eigenvalue weighted by Gasteiger charge is 2.32. The highest BCUT2D eigenvalue weighted by Crippen LogP contribution is 2.29. The molecule has 2 aliphatic rings. The SMILES string of the molecule is O=C(NCC1(O)CCOC1)c1cc2c(s1)CCCCC2. The van der Waals surface area contributed by atoms with Gasteiger partial charge in [-0.2, -0.15) is 0 Å². The largest absolute Gasteiger partial charge is 0.386 e. The topological polar surface area (TPSA) is 58.6 Å². The minimum Gasteiger partial charge on any atom is -0.386 e. The Morgan fingerprint density at radius 3 is 3.05 bits per heavy atom. The number of carbonyl (C=O) groups excluding carboxylic acids is 1. The fourth-order valence-electron chi connectivity index (χ4n) is 2.85. The molecule has 1 aliphatic heterocycles. The molecule has 2 N–H and O–H groups in total. The third-order valence-corrected chi connectivity index (χ3v) is 5.37. The zero-order valence-corrected chi connectivity index (χ0v) is 12.4. The molecular formula is C15H21NO3S. The van der Waals surface area contributed by atoms with Crippen LogP contribution in [-0.2, 0) is 17.6 Å². The van der Waals surface area contributed by atoms with Crippen molar-refractivity contribution in [3.05, 3.63) is 21.4 Å². The summed E-state index contributed by atoms with van der Waals surface area (Å²) in [6.07, 6.45) is 6.53. The van der Waals surface area contributed by atoms with Gasteiger partial charge in [0.05, 0.1) is 11.5 Å². The average Bonchev–Trinajstić information content (AvgIpc) is 2.99. The fraction of sp³-hybridized carbons (Fsp3) is 0.667. The van der Waals surface area contributed by atoms with Gasteiger partial charge in [0.2, 0.25) is 0 Å². The molecule has 1 aromatic heterocycles. The maximum absolute atomic E-state index is 12.2. The molecule has 1 unspecified atom stereocenters. The maximum atomic E-state index is 12.2. The van der Waals surface area contributed by atoms with Gasteiger partial charge in [0.25, 0.3) is 5.91 Å². The summed E-state index contributed by atoms with van der Waals surface area (Å²) in [6.45, 7) is 1.16. The molecule has 1 amide bonds. The number of nitrogens with one attached hydrogen (secondary N) is 1. The van der Waals surface area contributed by atoms with Gasteiger partial charge in [-0.3, -0.25) is 4.79 Å². The summed E-state index contributed by atoms with van der Waals surface area (Å²) in [5.41, 5.74) is 0.463. The van der Waals surface area contributed by atoms with Crippen LogP contribution in [0.25, 0.3) is 0 Å². The van der Waals surface area contributed by atoms with Crippen LogP contribution in [0.1, 0.15) is 45.8 Å². The second kappa shape index (κ2) is 5.84. The second-order valence-corrected chi connectivity index (χ2v) is 6.97. The molecule has 20 heavy (non-hydrogen) atoms. The molecule has 1 fully saturated rings. The molecule has 1 atom stereocenters. The van der Waals surface area contributed by atoms with Gasteiger partial charge in [-0.1, -0.05) is 6.42 Å². The predicted octanol–water partition coefficient (Wildman–Crippen LogP) is 1.90. The normalized spacial score (nSPS) is 26.1. The Balaban J connectivity index is 1.62. The van der Waals surface area contributed by atoms with Gasteiger partial charge in [-0.25, -0.2) is 0 Å². The van der Waals surface area contributed by atoms with Crippen LogP contribution in [0.15, 0.2) is 6.07 Å². The number of fused-ring (bicyclic) bond motifs is 1. The lowest BCUT2D eigenvalue weighted by Gasteiger charge is -2.20. The predicted molar refractivity (Wildman–Crippen MR) is 78.3 cm³/mol. The number of carbonyl (C=O) groups is 1. The van der Waals surface area contributed by atoms with Crippen LogP contribution in [0.2, 0.25) is 0 Å². The summed E-state index contributed by atoms with van der Waals surface area (Å²) in [4.78, 5) is 14.3. The molecular weight excluding hydrogens is 274 g/mol. The minimum absolute atomic E-state index is 0.0663. The van der Waals surface area contributed by atoms with E-state index in [-0.39, 0.29) is 12.5 Å². The third-order valence-electron chi connectivity index (χ3n) is 4.13. The molecule has 0 spiro atoms. The highest BCUT2D eigenvalue weighted by atomic mass is 32.1. The first-order valence-corrected chi connectivity index (χ1v) is 8.18. The summed E-state index contributed by atoms with van der Waals surface area (Å²) in [7, 11) is 0. The van der Waals surface area contributed by atoms with Crippen LogP contribution in [-0.4, -0.2) is 36.4 Å². The van der Waals surface area contributed by atoms with Crippen LogP contribution in [0.4, 0.5) is 0 Å². The van der Waals surface area contributed by atoms with E-state index in [0.717, 1.165) is 17.7 Å². The van der Waals surface area contributed by atoms with Crippen molar-refractivity contribution in [3.63, 3.8) is 0 Å². The van der Waals surface area contributed by atoms with E-state index in [9.17, 15) is 9.90 Å². The summed E-state index contributed by atoms with van der Waals surface area (Å²) in [5.74, 6) is -0.0663. The van der Waals surface area contributed by atoms with E-state index < -0.39 is 5.60 Å². The summed E-state index contributed by atoms with van der Waals surface area (Å²) in [6, 6.07) is 2.04. The van der Waals surface area contributed by atoms with Crippen LogP contribution >= 0.6 is 11.3 Å². The quantitative estimate of drug-likeness (QED) is 0.837. The highest BCUT2D eigenvalue weighted by molar-refractivity contribution is 7.14. The van der Waals surface area contributed by atoms with Crippen LogP contribution in [0.3, 0.4) is 0 Å². The van der Waals surface area contributed by atoms with Gasteiger partial charge in [-0.15, -0.1) is 11.3 Å². The third kappa shape index (κ3) is 3.05. The molecule has 110 valence electrons. The van der Waals surface area contributed by atoms with Crippen molar-refractivity contribution in [2.45, 2.75) is 44.1 Å². The number of aliphatic hydroxyl groups is 1. The Hall–Kier alpha value is -0.910. The summed E-state index contributed by atoms with van der Waals surface area (Å²) < 4.78 is 5.18. The van der Waals surface area contributed by atoms with Gasteiger partial charge >= 0.3 is 0 Å². The first-order chi connectivity index (χ1) is 9.66. The molecule has 0 bridgehead atoms. The summed E-state index contributed by atoms with van der Waals surface area (Å²) >= 11 is 1.61. The Labute approximate surface area is 123 Å². The lowest BCUT2D eigenvalue weighted by Crippen LogP contribution is -2.43. The van der Waals surface area contributed by atoms with Crippen molar-refractivity contribution >= 4 is 17.2 Å². The standard InChI is InChI=1S/C15H21NO3S/c17-14(16-9-15(18)6-7-19-10-15)13-8-11-4-2-1-3-5-12(11)20-13/h8,18H,1-7,9-10H2,(H,16,17). The number of thiophene rings is 1. The number of aryl methyl sites for hydroxylation is 2. The zero-order valence-electron chi connectivity index (χ0n) is 11.6. The number of hydrogen-bond acceptors (Lipinski definition) is 4. The van der Waals surface area contributed by atoms with Gasteiger partial charge in [0, 0.05) is 24.4 Å². The Morgan fingerprint density at radius 1 is 1.40 bits per heavy atom. The van der Waals surface area contributed by atoms with E-state index in [4.69, 9.17) is 4.74 Å². The summed E-state index contributed by atoms with van der Waals surface area (Å²) in [5, 5.41) is 13.0. The Kier molecular flexibility index (Phi) is 4.10. The Bertz CT molecular complexity index is 468. The minimum atomic E-state index is -0.885. The van der Waals surface area contributed by atoms with Crippen LogP contribution in [0.5, 0.6) is 0 Å². The maximum Gasteiger partial charge on any atom is 0.261 e. The molecule has 0 saturated carbocycles. The Morgan fingerprint density at radius 2 is 2.25 bits per heavy atom. The van der Waals surface area contributed by atoms with Gasteiger partial charge < -0.3 is 15.2 Å². The molecule has 2 heterocycles. The van der Waals surface area contributed by atoms with Crippen molar-refractivity contribution in [2.75, 3.05) is 19.8 Å². The van der Waals surface area contributed by atoms with E-state index in [1.165, 1.54) is 29.7 Å². The van der Waals surface area contributed by atoms with Gasteiger partial charge in [0.1, 0.15) is 5.60 Å². The number of hydrogen-bond donors (Lipinski definition) is 2. The molecule has 1 aliphatic carbocycles. The lowest BCUT2D eigenvalue weighted by atomic mass is 10.0. The first kappa shape index (κ1) is 14.0. The molecule has 1 saturated heterocycles. The first-order valence-electron chi connectivity index (χ1n) is 7.36.